The Balaban J connectivity index is 3.06. The summed E-state index contributed by atoms with van der Waals surface area (Å²) in [6.45, 7) is 10.5. The van der Waals surface area contributed by atoms with Gasteiger partial charge in [-0.25, -0.2) is 0 Å². The summed E-state index contributed by atoms with van der Waals surface area (Å²) in [7, 11) is 0. The van der Waals surface area contributed by atoms with Crippen molar-refractivity contribution in [2.45, 2.75) is 45.8 Å². The monoisotopic (exact) mass is 531 g/mol. The van der Waals surface area contributed by atoms with Crippen LogP contribution < -0.4 is 0 Å². The molecule has 1 unspecified atom stereocenters. The molecule has 0 amide bonds. The molecule has 2 nitrogen and oxygen atoms in total. The van der Waals surface area contributed by atoms with Crippen molar-refractivity contribution in [3.05, 3.63) is 35.9 Å². The van der Waals surface area contributed by atoms with Gasteiger partial charge in [0.15, 0.2) is 0 Å². The van der Waals surface area contributed by atoms with Crippen molar-refractivity contribution >= 4 is 60.4 Å². The van der Waals surface area contributed by atoms with Crippen molar-refractivity contribution in [1.82, 2.24) is 0 Å². The van der Waals surface area contributed by atoms with E-state index in [1.54, 1.807) is 11.8 Å². The molecule has 1 rings (SSSR count). The molecule has 0 saturated carbocycles. The Morgan fingerprint density at radius 3 is 2.27 bits per heavy atom. The summed E-state index contributed by atoms with van der Waals surface area (Å²) in [5, 5.41) is 0. The minimum absolute atomic E-state index is 0.110. The molecule has 0 N–H and O–H groups in total. The van der Waals surface area contributed by atoms with Gasteiger partial charge in [-0.15, -0.1) is 0 Å². The van der Waals surface area contributed by atoms with Crippen LogP contribution in [-0.2, 0) is 7.48 Å². The Bertz CT molecular complexity index is 529. The summed E-state index contributed by atoms with van der Waals surface area (Å²) >= 11 is 7.61. The van der Waals surface area contributed by atoms with Crippen LogP contribution in [0.4, 0.5) is 0 Å². The predicted octanol–water partition coefficient (Wildman–Crippen LogP) is 4.55. The summed E-state index contributed by atoms with van der Waals surface area (Å²) in [5.41, 5.74) is 0.466. The number of carbonyl (C=O) groups excluding carboxylic acids is 1. The first-order valence-corrected chi connectivity index (χ1v) is 10.1. The number of carbonyl (C=O) groups is 1. The molecule has 3 radical (unpaired) electrons. The van der Waals surface area contributed by atoms with Gasteiger partial charge in [0.25, 0.3) is 0 Å². The summed E-state index contributed by atoms with van der Waals surface area (Å²) < 4.78 is 5.71. The van der Waals surface area contributed by atoms with E-state index in [0.717, 1.165) is 16.2 Å². The molecule has 0 spiro atoms. The van der Waals surface area contributed by atoms with Gasteiger partial charge in [0.2, 0.25) is 0 Å². The molecule has 0 aliphatic rings. The van der Waals surface area contributed by atoms with Crippen LogP contribution >= 0.6 is 24.0 Å². The molecule has 5 heteroatoms. The fourth-order valence-electron chi connectivity index (χ4n) is 2.48. The Hall–Kier alpha value is 0.0521. The summed E-state index contributed by atoms with van der Waals surface area (Å²) in [6, 6.07) is 9.96. The van der Waals surface area contributed by atoms with Gasteiger partial charge in [-0.2, -0.15) is 0 Å². The van der Waals surface area contributed by atoms with E-state index in [1.165, 1.54) is 0 Å². The third-order valence-corrected chi connectivity index (χ3v) is 6.63. The van der Waals surface area contributed by atoms with Crippen LogP contribution in [0.2, 0.25) is 0 Å². The standard InChI is InChI=1S/C17H24O2S2.Pb/c1-12(2)11-17(5,15(18)19)16(3,4)21-14(20)13-9-7-6-8-10-13;/h6-10,12H,11H2,1-5H3,(H,18,19);/q;+1/p-1. The molecular formula is C17H23O2PbS2. The molecular weight excluding hydrogens is 508 g/mol. The molecule has 0 bridgehead atoms. The van der Waals surface area contributed by atoms with E-state index < -0.39 is 5.41 Å². The third-order valence-electron chi connectivity index (χ3n) is 4.05. The zero-order valence-corrected chi connectivity index (χ0v) is 19.3. The first-order chi connectivity index (χ1) is 10.1. The van der Waals surface area contributed by atoms with Crippen LogP contribution in [0.25, 0.3) is 0 Å². The maximum atomic E-state index is 12.5. The SMILES string of the molecule is CC(C)CC(C)(C(=O)[O][Pb])C(C)(C)SC(=S)c1ccccc1. The molecule has 0 saturated heterocycles. The molecule has 1 atom stereocenters. The molecule has 0 aromatic heterocycles. The maximum absolute atomic E-state index is 12.5. The third kappa shape index (κ3) is 4.77. The van der Waals surface area contributed by atoms with E-state index in [0.29, 0.717) is 32.1 Å². The average Bonchev–Trinajstić information content (AvgIpc) is 2.45. The topological polar surface area (TPSA) is 26.3 Å². The van der Waals surface area contributed by atoms with Crippen LogP contribution in [0.1, 0.15) is 46.6 Å². The van der Waals surface area contributed by atoms with Gasteiger partial charge in [-0.3, -0.25) is 0 Å². The predicted molar refractivity (Wildman–Crippen MR) is 99.2 cm³/mol. The molecule has 0 aliphatic carbocycles. The second-order valence-electron chi connectivity index (χ2n) is 6.59. The second-order valence-corrected chi connectivity index (χ2v) is 9.68. The number of hydrogen-bond donors (Lipinski definition) is 0. The Labute approximate surface area is 160 Å². The van der Waals surface area contributed by atoms with Crippen molar-refractivity contribution in [2.75, 3.05) is 0 Å². The van der Waals surface area contributed by atoms with Gasteiger partial charge in [0.1, 0.15) is 0 Å². The molecule has 1 aromatic carbocycles. The summed E-state index contributed by atoms with van der Waals surface area (Å²) in [5.74, 6) is 0.303. The number of thiocarbonyl (C=S) groups is 1. The zero-order chi connectivity index (χ0) is 17.0. The number of hydrogen-bond acceptors (Lipinski definition) is 4. The number of rotatable bonds is 6. The molecule has 22 heavy (non-hydrogen) atoms. The van der Waals surface area contributed by atoms with Crippen LogP contribution in [0.5, 0.6) is 0 Å². The summed E-state index contributed by atoms with van der Waals surface area (Å²) in [6.07, 6.45) is 0.783. The quantitative estimate of drug-likeness (QED) is 0.398. The van der Waals surface area contributed by atoms with Gasteiger partial charge in [-0.1, -0.05) is 0 Å². The van der Waals surface area contributed by atoms with E-state index in [9.17, 15) is 4.79 Å². The van der Waals surface area contributed by atoms with Gasteiger partial charge >= 0.3 is 161 Å². The molecule has 0 fully saturated rings. The van der Waals surface area contributed by atoms with Gasteiger partial charge < -0.3 is 0 Å². The first-order valence-electron chi connectivity index (χ1n) is 7.30. The van der Waals surface area contributed by atoms with Crippen LogP contribution in [0.3, 0.4) is 0 Å². The molecule has 0 heterocycles. The molecule has 0 aliphatic heterocycles. The van der Waals surface area contributed by atoms with E-state index >= 15 is 0 Å². The van der Waals surface area contributed by atoms with Crippen LogP contribution in [0, 0.1) is 11.3 Å². The Kier molecular flexibility index (Phi) is 7.53. The molecule has 1 aromatic rings. The fourth-order valence-corrected chi connectivity index (χ4v) is 5.23. The van der Waals surface area contributed by atoms with Crippen molar-refractivity contribution in [2.24, 2.45) is 11.3 Å². The van der Waals surface area contributed by atoms with Crippen molar-refractivity contribution in [3.63, 3.8) is 0 Å². The number of benzene rings is 1. The zero-order valence-electron chi connectivity index (χ0n) is 13.8. The van der Waals surface area contributed by atoms with Crippen molar-refractivity contribution < 1.29 is 7.48 Å². The Morgan fingerprint density at radius 2 is 1.82 bits per heavy atom. The van der Waals surface area contributed by atoms with Crippen LogP contribution in [-0.4, -0.2) is 41.1 Å². The number of thioether (sulfide) groups is 1. The average molecular weight is 531 g/mol. The van der Waals surface area contributed by atoms with E-state index in [-0.39, 0.29) is 10.7 Å². The normalized spacial score (nSPS) is 14.5. The summed E-state index contributed by atoms with van der Waals surface area (Å²) in [4.78, 5) is 12.5. The van der Waals surface area contributed by atoms with Gasteiger partial charge in [0, 0.05) is 0 Å². The van der Waals surface area contributed by atoms with E-state index in [4.69, 9.17) is 14.9 Å². The van der Waals surface area contributed by atoms with Crippen molar-refractivity contribution in [1.29, 1.82) is 0 Å². The molecule has 119 valence electrons. The minimum atomic E-state index is -0.563. The fraction of sp³-hybridized carbons (Fsp3) is 0.529. The van der Waals surface area contributed by atoms with E-state index in [2.05, 4.69) is 27.7 Å². The first kappa shape index (κ1) is 20.1. The second kappa shape index (κ2) is 8.24. The van der Waals surface area contributed by atoms with Gasteiger partial charge in [0.05, 0.1) is 0 Å². The Morgan fingerprint density at radius 1 is 1.27 bits per heavy atom. The van der Waals surface area contributed by atoms with E-state index in [1.807, 2.05) is 37.3 Å². The van der Waals surface area contributed by atoms with Gasteiger partial charge in [-0.05, 0) is 0 Å². The van der Waals surface area contributed by atoms with Crippen molar-refractivity contribution in [3.8, 4) is 0 Å². The van der Waals surface area contributed by atoms with Crippen LogP contribution in [0.15, 0.2) is 30.3 Å².